The monoisotopic (exact) mass is 431 g/mol. The van der Waals surface area contributed by atoms with Gasteiger partial charge in [-0.05, 0) is 35.1 Å². The highest BCUT2D eigenvalue weighted by atomic mass is 32.2. The Kier molecular flexibility index (Phi) is 6.73. The number of amides is 2. The molecular formula is C20H21N3O4S2. The molecule has 3 N–H and O–H groups in total. The van der Waals surface area contributed by atoms with Crippen molar-refractivity contribution in [3.8, 4) is 0 Å². The lowest BCUT2D eigenvalue weighted by molar-refractivity contribution is -0.131. The largest absolute Gasteiger partial charge is 0.354 e. The summed E-state index contributed by atoms with van der Waals surface area (Å²) in [6, 6.07) is 15.7. The summed E-state index contributed by atoms with van der Waals surface area (Å²) in [6.45, 7) is 0.319. The summed E-state index contributed by atoms with van der Waals surface area (Å²) < 4.78 is 22.5. The fraction of sp³-hybridized carbons (Fsp3) is 0.200. The van der Waals surface area contributed by atoms with Crippen molar-refractivity contribution in [2.45, 2.75) is 11.3 Å². The molecule has 1 aliphatic rings. The van der Waals surface area contributed by atoms with Crippen molar-refractivity contribution >= 4 is 39.3 Å². The smallest absolute Gasteiger partial charge is 0.240 e. The van der Waals surface area contributed by atoms with E-state index in [-0.39, 0.29) is 23.3 Å². The molecule has 0 aromatic heterocycles. The lowest BCUT2D eigenvalue weighted by Gasteiger charge is -2.28. The summed E-state index contributed by atoms with van der Waals surface area (Å²) >= 11 is 1.42. The molecule has 0 spiro atoms. The summed E-state index contributed by atoms with van der Waals surface area (Å²) in [6.07, 6.45) is 0.530. The van der Waals surface area contributed by atoms with E-state index in [0.29, 0.717) is 18.7 Å². The Morgan fingerprint density at radius 3 is 2.45 bits per heavy atom. The Balaban J connectivity index is 1.56. The Morgan fingerprint density at radius 1 is 1.10 bits per heavy atom. The van der Waals surface area contributed by atoms with Crippen LogP contribution in [-0.4, -0.2) is 44.0 Å². The average Bonchev–Trinajstić information content (AvgIpc) is 2.70. The first-order chi connectivity index (χ1) is 13.8. The maximum absolute atomic E-state index is 12.4. The molecule has 0 fully saturated rings. The second-order valence-electron chi connectivity index (χ2n) is 6.45. The van der Waals surface area contributed by atoms with Gasteiger partial charge in [0.2, 0.25) is 21.8 Å². The highest BCUT2D eigenvalue weighted by Crippen LogP contribution is 2.27. The Hall–Kier alpha value is -2.62. The van der Waals surface area contributed by atoms with E-state index in [0.717, 1.165) is 16.8 Å². The van der Waals surface area contributed by atoms with Gasteiger partial charge in [0.25, 0.3) is 0 Å². The average molecular weight is 432 g/mol. The van der Waals surface area contributed by atoms with Crippen molar-refractivity contribution in [3.63, 3.8) is 0 Å². The van der Waals surface area contributed by atoms with E-state index in [1.807, 2.05) is 35.7 Å². The standard InChI is InChI=1S/C20H21N3O4S2/c21-29(26,27)17-8-6-15(7-9-17)10-11-22-19(24)12-23-18(13-28-14-20(23)25)16-4-2-1-3-5-16/h1-9,13H,10-12,14H2,(H,22,24)(H2,21,26,27). The molecule has 2 amide bonds. The van der Waals surface area contributed by atoms with Gasteiger partial charge in [0.1, 0.15) is 6.54 Å². The topological polar surface area (TPSA) is 110 Å². The second-order valence-corrected chi connectivity index (χ2v) is 8.87. The van der Waals surface area contributed by atoms with Gasteiger partial charge >= 0.3 is 0 Å². The number of carbonyl (C=O) groups is 2. The van der Waals surface area contributed by atoms with Gasteiger partial charge < -0.3 is 10.2 Å². The molecule has 0 aliphatic carbocycles. The fourth-order valence-electron chi connectivity index (χ4n) is 2.87. The van der Waals surface area contributed by atoms with Crippen molar-refractivity contribution in [1.29, 1.82) is 0 Å². The van der Waals surface area contributed by atoms with Crippen molar-refractivity contribution in [1.82, 2.24) is 10.2 Å². The molecule has 0 unspecified atom stereocenters. The van der Waals surface area contributed by atoms with E-state index >= 15 is 0 Å². The van der Waals surface area contributed by atoms with Crippen molar-refractivity contribution < 1.29 is 18.0 Å². The number of rotatable bonds is 7. The predicted molar refractivity (Wildman–Crippen MR) is 113 cm³/mol. The SMILES string of the molecule is NS(=O)(=O)c1ccc(CCNC(=O)CN2C(=O)CSC=C2c2ccccc2)cc1. The van der Waals surface area contributed by atoms with Gasteiger partial charge in [-0.15, -0.1) is 11.8 Å². The highest BCUT2D eigenvalue weighted by Gasteiger charge is 2.25. The molecule has 29 heavy (non-hydrogen) atoms. The normalized spacial score (nSPS) is 14.4. The molecular weight excluding hydrogens is 410 g/mol. The van der Waals surface area contributed by atoms with Crippen LogP contribution in [0.2, 0.25) is 0 Å². The van der Waals surface area contributed by atoms with Crippen LogP contribution in [0.25, 0.3) is 5.70 Å². The first kappa shape index (κ1) is 21.1. The van der Waals surface area contributed by atoms with Crippen LogP contribution in [-0.2, 0) is 26.0 Å². The molecule has 9 heteroatoms. The number of hydrogen-bond donors (Lipinski definition) is 2. The maximum Gasteiger partial charge on any atom is 0.240 e. The van der Waals surface area contributed by atoms with Crippen molar-refractivity contribution in [3.05, 3.63) is 71.1 Å². The molecule has 0 atom stereocenters. The second kappa shape index (κ2) is 9.25. The van der Waals surface area contributed by atoms with Gasteiger partial charge in [0, 0.05) is 6.54 Å². The zero-order valence-electron chi connectivity index (χ0n) is 15.6. The van der Waals surface area contributed by atoms with Crippen LogP contribution in [0.15, 0.2) is 64.9 Å². The van der Waals surface area contributed by atoms with Gasteiger partial charge in [0.05, 0.1) is 16.3 Å². The van der Waals surface area contributed by atoms with Gasteiger partial charge in [-0.3, -0.25) is 9.59 Å². The number of sulfonamides is 1. The molecule has 0 saturated carbocycles. The zero-order chi connectivity index (χ0) is 20.9. The third-order valence-electron chi connectivity index (χ3n) is 4.35. The first-order valence-electron chi connectivity index (χ1n) is 8.90. The van der Waals surface area contributed by atoms with Crippen LogP contribution in [0, 0.1) is 0 Å². The van der Waals surface area contributed by atoms with E-state index in [1.54, 1.807) is 12.1 Å². The summed E-state index contributed by atoms with van der Waals surface area (Å²) in [4.78, 5) is 26.3. The zero-order valence-corrected chi connectivity index (χ0v) is 17.2. The van der Waals surface area contributed by atoms with Crippen LogP contribution >= 0.6 is 11.8 Å². The van der Waals surface area contributed by atoms with Crippen LogP contribution in [0.4, 0.5) is 0 Å². The lowest BCUT2D eigenvalue weighted by atomic mass is 10.1. The summed E-state index contributed by atoms with van der Waals surface area (Å²) in [5.74, 6) is -0.0571. The molecule has 1 aliphatic heterocycles. The number of hydrogen-bond acceptors (Lipinski definition) is 5. The van der Waals surface area contributed by atoms with Crippen LogP contribution < -0.4 is 10.5 Å². The third-order valence-corrected chi connectivity index (χ3v) is 6.09. The molecule has 0 radical (unpaired) electrons. The van der Waals surface area contributed by atoms with Crippen molar-refractivity contribution in [2.75, 3.05) is 18.8 Å². The summed E-state index contributed by atoms with van der Waals surface area (Å²) in [7, 11) is -3.72. The van der Waals surface area contributed by atoms with Gasteiger partial charge in [-0.25, -0.2) is 13.6 Å². The minimum absolute atomic E-state index is 0.0481. The number of nitrogens with zero attached hydrogens (tertiary/aromatic N) is 1. The number of thioether (sulfide) groups is 1. The predicted octanol–water partition coefficient (Wildman–Crippen LogP) is 1.57. The lowest BCUT2D eigenvalue weighted by Crippen LogP contribution is -2.42. The van der Waals surface area contributed by atoms with Crippen LogP contribution in [0.1, 0.15) is 11.1 Å². The molecule has 3 rings (SSSR count). The molecule has 7 nitrogen and oxygen atoms in total. The maximum atomic E-state index is 12.4. The molecule has 0 bridgehead atoms. The van der Waals surface area contributed by atoms with E-state index < -0.39 is 10.0 Å². The number of carbonyl (C=O) groups excluding carboxylic acids is 2. The van der Waals surface area contributed by atoms with E-state index in [4.69, 9.17) is 5.14 Å². The van der Waals surface area contributed by atoms with E-state index in [9.17, 15) is 18.0 Å². The Bertz CT molecular complexity index is 1020. The molecule has 0 saturated heterocycles. The number of nitrogens with two attached hydrogens (primary N) is 1. The minimum atomic E-state index is -3.72. The quantitative estimate of drug-likeness (QED) is 0.692. The van der Waals surface area contributed by atoms with Crippen LogP contribution in [0.3, 0.4) is 0 Å². The summed E-state index contributed by atoms with van der Waals surface area (Å²) in [5, 5.41) is 9.78. The van der Waals surface area contributed by atoms with Crippen molar-refractivity contribution in [2.24, 2.45) is 5.14 Å². The van der Waals surface area contributed by atoms with E-state index in [2.05, 4.69) is 5.32 Å². The highest BCUT2D eigenvalue weighted by molar-refractivity contribution is 8.03. The van der Waals surface area contributed by atoms with Gasteiger partial charge in [0.15, 0.2) is 0 Å². The number of benzene rings is 2. The van der Waals surface area contributed by atoms with Gasteiger partial charge in [-0.2, -0.15) is 0 Å². The molecule has 2 aromatic rings. The third kappa shape index (κ3) is 5.69. The van der Waals surface area contributed by atoms with Gasteiger partial charge in [-0.1, -0.05) is 42.5 Å². The fourth-order valence-corrected chi connectivity index (χ4v) is 4.18. The Labute approximate surface area is 174 Å². The minimum Gasteiger partial charge on any atom is -0.354 e. The number of nitrogens with one attached hydrogen (secondary N) is 1. The van der Waals surface area contributed by atoms with E-state index in [1.165, 1.54) is 28.8 Å². The first-order valence-corrected chi connectivity index (χ1v) is 11.5. The molecule has 152 valence electrons. The number of primary sulfonamides is 1. The molecule has 1 heterocycles. The summed E-state index contributed by atoms with van der Waals surface area (Å²) in [5.41, 5.74) is 2.48. The Morgan fingerprint density at radius 2 is 1.79 bits per heavy atom. The van der Waals surface area contributed by atoms with Crippen LogP contribution in [0.5, 0.6) is 0 Å². The molecule has 2 aromatic carbocycles.